The van der Waals surface area contributed by atoms with Crippen molar-refractivity contribution in [3.8, 4) is 0 Å². The molecule has 0 fully saturated rings. The normalized spacial score (nSPS) is 13.8. The van der Waals surface area contributed by atoms with Crippen molar-refractivity contribution in [3.05, 3.63) is 146 Å². The average molecular weight is 1260 g/mol. The zero-order valence-corrected chi connectivity index (χ0v) is 58.0. The number of hydrogen-bond acceptors (Lipinski definition) is 8. The molecular weight excluding hydrogens is 1120 g/mol. The summed E-state index contributed by atoms with van der Waals surface area (Å²) in [6, 6.07) is 0. The average Bonchev–Trinajstić information content (AvgIpc) is 3.68. The van der Waals surface area contributed by atoms with Crippen molar-refractivity contribution in [1.82, 2.24) is 0 Å². The lowest BCUT2D eigenvalue weighted by atomic mass is 10.0. The number of unbranched alkanes of at least 4 members (excludes halogenated alkanes) is 30. The molecule has 0 aromatic carbocycles. The third-order valence-electron chi connectivity index (χ3n) is 15.2. The quantitative estimate of drug-likeness (QED) is 0.0264. The van der Waals surface area contributed by atoms with Crippen LogP contribution in [0.25, 0.3) is 0 Å². The molecule has 508 valence electrons. The van der Waals surface area contributed by atoms with Gasteiger partial charge in [-0.25, -0.2) is 4.57 Å². The predicted molar refractivity (Wildman–Crippen MR) is 385 cm³/mol. The van der Waals surface area contributed by atoms with Crippen molar-refractivity contribution in [2.45, 2.75) is 315 Å². The van der Waals surface area contributed by atoms with Crippen molar-refractivity contribution in [2.75, 3.05) is 26.4 Å². The van der Waals surface area contributed by atoms with E-state index in [1.165, 1.54) is 154 Å². The Morgan fingerprint density at radius 1 is 0.337 bits per heavy atom. The van der Waals surface area contributed by atoms with E-state index in [1.54, 1.807) is 0 Å². The van der Waals surface area contributed by atoms with Gasteiger partial charge in [-0.3, -0.25) is 18.6 Å². The minimum Gasteiger partial charge on any atom is -0.462 e. The maximum Gasteiger partial charge on any atom is 0.472 e. The van der Waals surface area contributed by atoms with E-state index in [0.29, 0.717) is 6.42 Å². The van der Waals surface area contributed by atoms with Gasteiger partial charge in [-0.2, -0.15) is 0 Å². The molecule has 0 rings (SSSR count). The molecular formula is C79H134NO8P. The van der Waals surface area contributed by atoms with Crippen molar-refractivity contribution >= 4 is 19.8 Å². The van der Waals surface area contributed by atoms with Gasteiger partial charge < -0.3 is 20.1 Å². The van der Waals surface area contributed by atoms with Crippen molar-refractivity contribution < 1.29 is 37.6 Å². The van der Waals surface area contributed by atoms with Gasteiger partial charge in [0.1, 0.15) is 6.61 Å². The van der Waals surface area contributed by atoms with Crippen LogP contribution in [0.3, 0.4) is 0 Å². The van der Waals surface area contributed by atoms with Crippen LogP contribution in [0, 0.1) is 0 Å². The van der Waals surface area contributed by atoms with Crippen LogP contribution in [0.2, 0.25) is 0 Å². The molecule has 2 atom stereocenters. The summed E-state index contributed by atoms with van der Waals surface area (Å²) in [6.07, 6.45) is 105. The number of nitrogens with two attached hydrogens (primary N) is 1. The summed E-state index contributed by atoms with van der Waals surface area (Å²) in [5, 5.41) is 0. The fourth-order valence-electron chi connectivity index (χ4n) is 9.94. The second-order valence-electron chi connectivity index (χ2n) is 23.7. The Kier molecular flexibility index (Phi) is 69.6. The van der Waals surface area contributed by atoms with Gasteiger partial charge in [0.2, 0.25) is 0 Å². The highest BCUT2D eigenvalue weighted by Gasteiger charge is 2.26. The van der Waals surface area contributed by atoms with Crippen LogP contribution >= 0.6 is 7.82 Å². The topological polar surface area (TPSA) is 134 Å². The fraction of sp³-hybridized carbons (Fsp3) is 0.671. The molecule has 0 aliphatic carbocycles. The van der Waals surface area contributed by atoms with Gasteiger partial charge in [0.15, 0.2) is 6.10 Å². The highest BCUT2D eigenvalue weighted by Crippen LogP contribution is 2.43. The predicted octanol–water partition coefficient (Wildman–Crippen LogP) is 24.2. The molecule has 0 aliphatic rings. The van der Waals surface area contributed by atoms with E-state index in [2.05, 4.69) is 160 Å². The van der Waals surface area contributed by atoms with Crippen LogP contribution in [0.4, 0.5) is 0 Å². The van der Waals surface area contributed by atoms with Gasteiger partial charge in [0, 0.05) is 19.4 Å². The molecule has 0 amide bonds. The number of phosphoric acid groups is 1. The number of carbonyl (C=O) groups is 2. The number of esters is 2. The maximum absolute atomic E-state index is 12.8. The summed E-state index contributed by atoms with van der Waals surface area (Å²) < 4.78 is 33.2. The molecule has 0 radical (unpaired) electrons. The largest absolute Gasteiger partial charge is 0.472 e. The van der Waals surface area contributed by atoms with Crippen molar-refractivity contribution in [2.24, 2.45) is 5.73 Å². The summed E-state index contributed by atoms with van der Waals surface area (Å²) in [5.41, 5.74) is 5.40. The van der Waals surface area contributed by atoms with Gasteiger partial charge in [-0.15, -0.1) is 0 Å². The molecule has 89 heavy (non-hydrogen) atoms. The monoisotopic (exact) mass is 1260 g/mol. The Morgan fingerprint density at radius 2 is 0.584 bits per heavy atom. The minimum atomic E-state index is -4.41. The molecule has 0 spiro atoms. The van der Waals surface area contributed by atoms with Gasteiger partial charge in [-0.05, 0) is 116 Å². The molecule has 0 saturated carbocycles. The van der Waals surface area contributed by atoms with Crippen LogP contribution in [0.1, 0.15) is 309 Å². The second-order valence-corrected chi connectivity index (χ2v) is 25.1. The Bertz CT molecular complexity index is 1970. The molecule has 9 nitrogen and oxygen atoms in total. The molecule has 0 aliphatic heterocycles. The van der Waals surface area contributed by atoms with E-state index in [-0.39, 0.29) is 38.6 Å². The van der Waals surface area contributed by atoms with Gasteiger partial charge in [0.25, 0.3) is 0 Å². The number of ether oxygens (including phenoxy) is 2. The second kappa shape index (κ2) is 72.9. The highest BCUT2D eigenvalue weighted by molar-refractivity contribution is 7.47. The van der Waals surface area contributed by atoms with Crippen LogP contribution in [0.15, 0.2) is 146 Å². The Labute approximate surface area is 547 Å². The minimum absolute atomic E-state index is 0.0432. The lowest BCUT2D eigenvalue weighted by Crippen LogP contribution is -2.29. The molecule has 10 heteroatoms. The highest BCUT2D eigenvalue weighted by atomic mass is 31.2. The van der Waals surface area contributed by atoms with Crippen LogP contribution in [-0.2, 0) is 32.7 Å². The standard InChI is InChI=1S/C79H134NO8P/c1-3-5-7-9-11-13-15-17-19-21-23-25-27-29-31-33-34-35-36-37-38-39-40-41-42-44-45-47-49-51-53-55-57-59-61-63-65-67-69-71-78(81)85-75-77(76-87-89(83,84)86-74-73-80)88-79(82)72-70-68-66-64-62-60-58-56-54-52-50-48-46-43-32-30-28-26-24-22-20-18-16-14-12-10-8-6-4-2/h5-8,11-14,17-20,23-26,30,32,46,48,52,54,58,60,77H,3-4,9-10,15-16,21-22,27-29,31,33-45,47,49-51,53,55-57,59,61-76,80H2,1-2H3,(H,83,84)/b7-5-,8-6-,13-11-,14-12-,19-17-,20-18-,25-23-,26-24-,32-30-,48-46-,54-52-,60-58-. The van der Waals surface area contributed by atoms with E-state index in [1.807, 2.05) is 0 Å². The summed E-state index contributed by atoms with van der Waals surface area (Å²) in [6.45, 7) is 3.50. The molecule has 0 aromatic rings. The lowest BCUT2D eigenvalue weighted by molar-refractivity contribution is -0.161. The zero-order chi connectivity index (χ0) is 64.4. The molecule has 0 saturated heterocycles. The first kappa shape index (κ1) is 84.9. The van der Waals surface area contributed by atoms with Crippen molar-refractivity contribution in [1.29, 1.82) is 0 Å². The number of allylic oxidation sites excluding steroid dienone is 24. The molecule has 2 unspecified atom stereocenters. The number of phosphoric ester groups is 1. The van der Waals surface area contributed by atoms with E-state index in [4.69, 9.17) is 24.3 Å². The smallest absolute Gasteiger partial charge is 0.462 e. The van der Waals surface area contributed by atoms with Crippen LogP contribution in [-0.4, -0.2) is 49.3 Å². The number of carbonyl (C=O) groups excluding carboxylic acids is 2. The number of hydrogen-bond donors (Lipinski definition) is 2. The summed E-state index contributed by atoms with van der Waals surface area (Å²) >= 11 is 0. The van der Waals surface area contributed by atoms with E-state index in [0.717, 1.165) is 122 Å². The van der Waals surface area contributed by atoms with E-state index >= 15 is 0 Å². The van der Waals surface area contributed by atoms with Gasteiger partial charge in [-0.1, -0.05) is 327 Å². The molecule has 0 aromatic heterocycles. The SMILES string of the molecule is CC/C=C\C/C=C\C/C=C\C/C=C\C/C=C\C/C=C\C/C=C\C/C=C\CCCCCCC(=O)OC(COC(=O)CCCCCCCCCCCCCCCCCCCCCCCCCCCC/C=C\C/C=C\C/C=C\C/C=C\CC)COP(=O)(O)OCCN. The Hall–Kier alpha value is -4.11. The first-order chi connectivity index (χ1) is 43.8. The van der Waals surface area contributed by atoms with E-state index < -0.39 is 26.5 Å². The van der Waals surface area contributed by atoms with Gasteiger partial charge in [0.05, 0.1) is 13.2 Å². The Balaban J connectivity index is 3.88. The third kappa shape index (κ3) is 72.8. The number of rotatable bonds is 67. The molecule has 0 heterocycles. The molecule has 3 N–H and O–H groups in total. The van der Waals surface area contributed by atoms with Crippen LogP contribution in [0.5, 0.6) is 0 Å². The van der Waals surface area contributed by atoms with E-state index in [9.17, 15) is 19.0 Å². The van der Waals surface area contributed by atoms with Crippen LogP contribution < -0.4 is 5.73 Å². The lowest BCUT2D eigenvalue weighted by Gasteiger charge is -2.19. The summed E-state index contributed by atoms with van der Waals surface area (Å²) in [7, 11) is -4.41. The maximum atomic E-state index is 12.8. The first-order valence-electron chi connectivity index (χ1n) is 36.3. The zero-order valence-electron chi connectivity index (χ0n) is 57.1. The van der Waals surface area contributed by atoms with Crippen molar-refractivity contribution in [3.63, 3.8) is 0 Å². The first-order valence-corrected chi connectivity index (χ1v) is 37.8. The summed E-state index contributed by atoms with van der Waals surface area (Å²) in [4.78, 5) is 35.4. The third-order valence-corrected chi connectivity index (χ3v) is 16.2. The molecule has 0 bridgehead atoms. The Morgan fingerprint density at radius 3 is 0.865 bits per heavy atom. The van der Waals surface area contributed by atoms with Gasteiger partial charge >= 0.3 is 19.8 Å². The summed E-state index contributed by atoms with van der Waals surface area (Å²) in [5.74, 6) is -0.855. The fourth-order valence-corrected chi connectivity index (χ4v) is 10.7.